The van der Waals surface area contributed by atoms with Gasteiger partial charge in [-0.25, -0.2) is 4.98 Å². The first kappa shape index (κ1) is 22.6. The Morgan fingerprint density at radius 2 is 1.82 bits per heavy atom. The molecule has 1 aliphatic heterocycles. The van der Waals surface area contributed by atoms with Crippen LogP contribution in [-0.2, 0) is 11.0 Å². The lowest BCUT2D eigenvalue weighted by Gasteiger charge is -2.41. The fourth-order valence-electron chi connectivity index (χ4n) is 4.89. The second-order valence-electron chi connectivity index (χ2n) is 9.18. The van der Waals surface area contributed by atoms with E-state index in [4.69, 9.17) is 0 Å². The Kier molecular flexibility index (Phi) is 5.67. The van der Waals surface area contributed by atoms with Crippen LogP contribution in [0.4, 0.5) is 13.2 Å². The Bertz CT molecular complexity index is 1110. The van der Waals surface area contributed by atoms with Gasteiger partial charge in [-0.1, -0.05) is 0 Å². The third-order valence-electron chi connectivity index (χ3n) is 6.89. The highest BCUT2D eigenvalue weighted by molar-refractivity contribution is 9.10. The molecule has 2 aliphatic carbocycles. The van der Waals surface area contributed by atoms with Gasteiger partial charge in [-0.05, 0) is 72.0 Å². The summed E-state index contributed by atoms with van der Waals surface area (Å²) >= 11 is 3.29. The molecule has 2 amide bonds. The van der Waals surface area contributed by atoms with Crippen LogP contribution in [0, 0.1) is 0 Å². The maximum atomic E-state index is 13.7. The summed E-state index contributed by atoms with van der Waals surface area (Å²) in [6.07, 6.45) is 1.10. The minimum absolute atomic E-state index is 0.0512. The van der Waals surface area contributed by atoms with Gasteiger partial charge in [0.2, 0.25) is 5.91 Å². The SMILES string of the molecule is O=C(c1nc2c(C(F)(F)F)cc(C3CC3)cn2c1Br)N1CCN(C2CCC(O)CC2)C(=O)C1. The van der Waals surface area contributed by atoms with Crippen LogP contribution in [0.1, 0.15) is 66.1 Å². The van der Waals surface area contributed by atoms with Crippen molar-refractivity contribution < 1.29 is 27.9 Å². The number of pyridine rings is 1. The average molecular weight is 529 g/mol. The zero-order chi connectivity index (χ0) is 23.5. The van der Waals surface area contributed by atoms with Crippen LogP contribution >= 0.6 is 15.9 Å². The van der Waals surface area contributed by atoms with Crippen LogP contribution in [0.25, 0.3) is 5.65 Å². The number of aromatic nitrogens is 2. The quantitative estimate of drug-likeness (QED) is 0.660. The Morgan fingerprint density at radius 1 is 1.12 bits per heavy atom. The van der Waals surface area contributed by atoms with Crippen molar-refractivity contribution >= 4 is 33.4 Å². The van der Waals surface area contributed by atoms with Gasteiger partial charge in [0.15, 0.2) is 11.3 Å². The van der Waals surface area contributed by atoms with Crippen molar-refractivity contribution in [2.75, 3.05) is 19.6 Å². The van der Waals surface area contributed by atoms with E-state index in [9.17, 15) is 27.9 Å². The summed E-state index contributed by atoms with van der Waals surface area (Å²) in [5, 5.41) is 9.70. The van der Waals surface area contributed by atoms with Crippen molar-refractivity contribution in [2.45, 2.75) is 62.8 Å². The molecule has 33 heavy (non-hydrogen) atoms. The summed E-state index contributed by atoms with van der Waals surface area (Å²) in [6, 6.07) is 1.18. The number of aliphatic hydroxyl groups excluding tert-OH is 1. The molecule has 0 spiro atoms. The number of nitrogens with zero attached hydrogens (tertiary/aromatic N) is 4. The molecule has 178 valence electrons. The molecule has 2 saturated carbocycles. The molecule has 2 aromatic heterocycles. The van der Waals surface area contributed by atoms with Crippen molar-refractivity contribution in [3.8, 4) is 0 Å². The van der Waals surface area contributed by atoms with Gasteiger partial charge in [0.05, 0.1) is 11.7 Å². The van der Waals surface area contributed by atoms with Crippen molar-refractivity contribution in [1.82, 2.24) is 19.2 Å². The minimum atomic E-state index is -4.60. The maximum absolute atomic E-state index is 13.7. The second-order valence-corrected chi connectivity index (χ2v) is 9.93. The molecule has 5 rings (SSSR count). The largest absolute Gasteiger partial charge is 0.419 e. The summed E-state index contributed by atoms with van der Waals surface area (Å²) in [6.45, 7) is 0.497. The predicted octanol–water partition coefficient (Wildman–Crippen LogP) is 3.58. The van der Waals surface area contributed by atoms with Gasteiger partial charge in [-0.15, -0.1) is 0 Å². The predicted molar refractivity (Wildman–Crippen MR) is 116 cm³/mol. The number of imidazole rings is 1. The molecule has 3 aliphatic rings. The fourth-order valence-corrected chi connectivity index (χ4v) is 5.42. The van der Waals surface area contributed by atoms with E-state index < -0.39 is 17.6 Å². The first-order valence-electron chi connectivity index (χ1n) is 11.2. The molecule has 1 saturated heterocycles. The lowest BCUT2D eigenvalue weighted by Crippen LogP contribution is -2.56. The zero-order valence-corrected chi connectivity index (χ0v) is 19.4. The molecule has 7 nitrogen and oxygen atoms in total. The number of halogens is 4. The summed E-state index contributed by atoms with van der Waals surface area (Å²) in [4.78, 5) is 33.1. The van der Waals surface area contributed by atoms with E-state index in [0.29, 0.717) is 24.9 Å². The number of hydrogen-bond acceptors (Lipinski definition) is 4. The topological polar surface area (TPSA) is 78.2 Å². The fraction of sp³-hybridized carbons (Fsp3) is 0.591. The van der Waals surface area contributed by atoms with E-state index in [1.54, 1.807) is 11.1 Å². The maximum Gasteiger partial charge on any atom is 0.419 e. The molecule has 3 fully saturated rings. The number of carbonyl (C=O) groups is 2. The van der Waals surface area contributed by atoms with Crippen molar-refractivity contribution in [3.63, 3.8) is 0 Å². The van der Waals surface area contributed by atoms with E-state index in [1.807, 2.05) is 0 Å². The van der Waals surface area contributed by atoms with Gasteiger partial charge in [0, 0.05) is 25.3 Å². The van der Waals surface area contributed by atoms with Crippen molar-refractivity contribution in [2.24, 2.45) is 0 Å². The Hall–Kier alpha value is -2.14. The molecule has 2 aromatic rings. The molecule has 0 atom stereocenters. The van der Waals surface area contributed by atoms with Crippen molar-refractivity contribution in [1.29, 1.82) is 0 Å². The lowest BCUT2D eigenvalue weighted by atomic mass is 9.91. The summed E-state index contributed by atoms with van der Waals surface area (Å²) in [5.74, 6) is -0.669. The zero-order valence-electron chi connectivity index (χ0n) is 17.8. The minimum Gasteiger partial charge on any atom is -0.393 e. The van der Waals surface area contributed by atoms with Gasteiger partial charge >= 0.3 is 6.18 Å². The lowest BCUT2D eigenvalue weighted by molar-refractivity contribution is -0.139. The number of rotatable bonds is 3. The number of hydrogen-bond donors (Lipinski definition) is 1. The van der Waals surface area contributed by atoms with Gasteiger partial charge in [0.1, 0.15) is 11.1 Å². The molecular weight excluding hydrogens is 505 g/mol. The first-order chi connectivity index (χ1) is 15.6. The Morgan fingerprint density at radius 3 is 2.42 bits per heavy atom. The monoisotopic (exact) mass is 528 g/mol. The third-order valence-corrected chi connectivity index (χ3v) is 7.65. The van der Waals surface area contributed by atoms with Crippen LogP contribution in [0.15, 0.2) is 16.9 Å². The molecule has 0 bridgehead atoms. The van der Waals surface area contributed by atoms with Gasteiger partial charge in [-0.3, -0.25) is 14.0 Å². The number of amides is 2. The van der Waals surface area contributed by atoms with Gasteiger partial charge in [0.25, 0.3) is 5.91 Å². The Balaban J connectivity index is 1.40. The molecule has 0 radical (unpaired) electrons. The number of alkyl halides is 3. The average Bonchev–Trinajstić information content (AvgIpc) is 3.57. The number of aliphatic hydroxyl groups is 1. The van der Waals surface area contributed by atoms with E-state index >= 15 is 0 Å². The highest BCUT2D eigenvalue weighted by Gasteiger charge is 2.39. The van der Waals surface area contributed by atoms with Gasteiger partial charge in [-0.2, -0.15) is 13.2 Å². The van der Waals surface area contributed by atoms with E-state index in [0.717, 1.165) is 31.7 Å². The molecule has 3 heterocycles. The van der Waals surface area contributed by atoms with E-state index in [2.05, 4.69) is 20.9 Å². The van der Waals surface area contributed by atoms with Gasteiger partial charge < -0.3 is 14.9 Å². The van der Waals surface area contributed by atoms with Crippen LogP contribution < -0.4 is 0 Å². The number of fused-ring (bicyclic) bond motifs is 1. The van der Waals surface area contributed by atoms with Crippen LogP contribution in [-0.4, -0.2) is 67.9 Å². The molecular formula is C22H24BrF3N4O3. The molecule has 0 aromatic carbocycles. The van der Waals surface area contributed by atoms with Crippen molar-refractivity contribution in [3.05, 3.63) is 33.7 Å². The molecule has 1 N–H and O–H groups in total. The standard InChI is InChI=1S/C22H24BrF3N4O3/c23-19-18(27-20-16(22(24,25)26)9-13(10-30(19)20)12-1-2-12)21(33)28-7-8-29(17(32)11-28)14-3-5-15(31)6-4-14/h9-10,12,14-15,31H,1-8,11H2. The Labute approximate surface area is 196 Å². The van der Waals surface area contributed by atoms with Crippen LogP contribution in [0.2, 0.25) is 0 Å². The number of piperazine rings is 1. The smallest absolute Gasteiger partial charge is 0.393 e. The summed E-state index contributed by atoms with van der Waals surface area (Å²) in [5.41, 5.74) is -0.747. The summed E-state index contributed by atoms with van der Waals surface area (Å²) < 4.78 is 42.7. The molecule has 11 heteroatoms. The third kappa shape index (κ3) is 4.25. The van der Waals surface area contributed by atoms with E-state index in [1.165, 1.54) is 9.30 Å². The highest BCUT2D eigenvalue weighted by Crippen LogP contribution is 2.43. The normalized spacial score (nSPS) is 24.6. The second kappa shape index (κ2) is 8.26. The first-order valence-corrected chi connectivity index (χ1v) is 12.0. The van der Waals surface area contributed by atoms with E-state index in [-0.39, 0.29) is 53.0 Å². The molecule has 0 unspecified atom stereocenters. The number of carbonyl (C=O) groups excluding carboxylic acids is 2. The summed E-state index contributed by atoms with van der Waals surface area (Å²) in [7, 11) is 0. The highest BCUT2D eigenvalue weighted by atomic mass is 79.9. The van der Waals surface area contributed by atoms with Crippen LogP contribution in [0.5, 0.6) is 0 Å². The van der Waals surface area contributed by atoms with Crippen LogP contribution in [0.3, 0.4) is 0 Å².